The molecule has 0 radical (unpaired) electrons. The molecule has 0 aliphatic rings. The minimum absolute atomic E-state index is 0.155. The quantitative estimate of drug-likeness (QED) is 0.249. The molecule has 0 fully saturated rings. The number of carbonyl (C=O) groups is 1. The van der Waals surface area contributed by atoms with Crippen LogP contribution in [0.1, 0.15) is 46.6 Å². The van der Waals surface area contributed by atoms with Gasteiger partial charge in [-0.2, -0.15) is 11.8 Å². The third kappa shape index (κ3) is 21.1. The summed E-state index contributed by atoms with van der Waals surface area (Å²) in [5.74, 6) is 2.45. The van der Waals surface area contributed by atoms with Gasteiger partial charge in [-0.1, -0.05) is 63.0 Å². The second-order valence-electron chi connectivity index (χ2n) is 4.14. The number of rotatable bonds is 6. The van der Waals surface area contributed by atoms with Crippen LogP contribution in [0.4, 0.5) is 0 Å². The summed E-state index contributed by atoms with van der Waals surface area (Å²) in [7, 11) is 2.42. The summed E-state index contributed by atoms with van der Waals surface area (Å²) in [5, 5.41) is 0. The topological polar surface area (TPSA) is 17.1 Å². The number of carbonyl (C=O) groups excluding carboxylic acids is 1. The van der Waals surface area contributed by atoms with E-state index in [2.05, 4.69) is 46.2 Å². The van der Waals surface area contributed by atoms with E-state index < -0.39 is 0 Å². The van der Waals surface area contributed by atoms with E-state index >= 15 is 0 Å². The van der Waals surface area contributed by atoms with Gasteiger partial charge >= 0.3 is 0 Å². The number of allylic oxidation sites excluding steroid dienone is 3. The highest BCUT2D eigenvalue weighted by Gasteiger charge is 1.90. The SMILES string of the molecule is C/C=C(/C)C(C)=O.C=CCCSCc1ccccc1.CC.CP. The van der Waals surface area contributed by atoms with E-state index in [1.54, 1.807) is 6.92 Å². The third-order valence-electron chi connectivity index (χ3n) is 2.57. The Morgan fingerprint density at radius 3 is 2.04 bits per heavy atom. The van der Waals surface area contributed by atoms with Gasteiger partial charge in [0.05, 0.1) is 0 Å². The second kappa shape index (κ2) is 23.4. The molecule has 0 saturated carbocycles. The van der Waals surface area contributed by atoms with Crippen LogP contribution in [0.25, 0.3) is 0 Å². The molecule has 0 bridgehead atoms. The molecule has 0 spiro atoms. The zero-order valence-corrected chi connectivity index (χ0v) is 17.7. The molecule has 0 aromatic heterocycles. The molecule has 1 atom stereocenters. The molecule has 3 heteroatoms. The number of Topliss-reactive ketones (excluding diaryl/α,β-unsaturated/α-hetero) is 1. The number of hydrogen-bond donors (Lipinski definition) is 0. The van der Waals surface area contributed by atoms with Gasteiger partial charge < -0.3 is 0 Å². The smallest absolute Gasteiger partial charge is 0.155 e. The van der Waals surface area contributed by atoms with Crippen molar-refractivity contribution < 1.29 is 4.79 Å². The monoisotopic (exact) mass is 354 g/mol. The van der Waals surface area contributed by atoms with Crippen molar-refractivity contribution in [3.05, 3.63) is 60.2 Å². The molecule has 0 N–H and O–H groups in total. The Hall–Kier alpha value is -0.850. The molecule has 1 unspecified atom stereocenters. The lowest BCUT2D eigenvalue weighted by molar-refractivity contribution is -0.113. The molecular formula is C20H35OPS. The fourth-order valence-corrected chi connectivity index (χ4v) is 2.04. The second-order valence-corrected chi connectivity index (χ2v) is 5.25. The van der Waals surface area contributed by atoms with Crippen molar-refractivity contribution in [3.63, 3.8) is 0 Å². The predicted octanol–water partition coefficient (Wildman–Crippen LogP) is 6.56. The molecule has 1 nitrogen and oxygen atoms in total. The summed E-state index contributed by atoms with van der Waals surface area (Å²) in [4.78, 5) is 10.3. The molecule has 0 saturated heterocycles. The van der Waals surface area contributed by atoms with Crippen molar-refractivity contribution in [2.75, 3.05) is 12.4 Å². The van der Waals surface area contributed by atoms with Crippen molar-refractivity contribution in [2.45, 2.75) is 46.8 Å². The van der Waals surface area contributed by atoms with Gasteiger partial charge in [0.15, 0.2) is 5.78 Å². The Morgan fingerprint density at radius 2 is 1.70 bits per heavy atom. The van der Waals surface area contributed by atoms with Crippen LogP contribution in [0.15, 0.2) is 54.6 Å². The molecule has 1 aromatic rings. The highest BCUT2D eigenvalue weighted by atomic mass is 32.2. The minimum atomic E-state index is 0.155. The Bertz CT molecular complexity index is 399. The number of thioether (sulfide) groups is 1. The summed E-state index contributed by atoms with van der Waals surface area (Å²) in [6.45, 7) is 14.8. The third-order valence-corrected chi connectivity index (χ3v) is 3.63. The number of ketones is 1. The van der Waals surface area contributed by atoms with Crippen molar-refractivity contribution in [1.82, 2.24) is 0 Å². The Labute approximate surface area is 151 Å². The van der Waals surface area contributed by atoms with Crippen LogP contribution in [-0.4, -0.2) is 18.2 Å². The number of benzene rings is 1. The lowest BCUT2D eigenvalue weighted by Gasteiger charge is -1.98. The average molecular weight is 355 g/mol. The lowest BCUT2D eigenvalue weighted by Crippen LogP contribution is -1.88. The van der Waals surface area contributed by atoms with Crippen LogP contribution in [0.2, 0.25) is 0 Å². The molecule has 23 heavy (non-hydrogen) atoms. The van der Waals surface area contributed by atoms with Gasteiger partial charge in [-0.15, -0.1) is 15.8 Å². The molecule has 0 aliphatic carbocycles. The van der Waals surface area contributed by atoms with Crippen molar-refractivity contribution in [1.29, 1.82) is 0 Å². The van der Waals surface area contributed by atoms with Gasteiger partial charge in [0.2, 0.25) is 0 Å². The minimum Gasteiger partial charge on any atom is -0.295 e. The largest absolute Gasteiger partial charge is 0.295 e. The predicted molar refractivity (Wildman–Crippen MR) is 115 cm³/mol. The maximum Gasteiger partial charge on any atom is 0.155 e. The van der Waals surface area contributed by atoms with Crippen LogP contribution in [0.5, 0.6) is 0 Å². The van der Waals surface area contributed by atoms with E-state index in [0.29, 0.717) is 0 Å². The Kier molecular flexibility index (Phi) is 27.5. The normalized spacial score (nSPS) is 9.09. The summed E-state index contributed by atoms with van der Waals surface area (Å²) in [6.07, 6.45) is 4.89. The molecule has 1 rings (SSSR count). The molecule has 0 aliphatic heterocycles. The van der Waals surface area contributed by atoms with Crippen LogP contribution in [0, 0.1) is 0 Å². The summed E-state index contributed by atoms with van der Waals surface area (Å²) < 4.78 is 0. The van der Waals surface area contributed by atoms with Gasteiger partial charge in [0, 0.05) is 5.75 Å². The van der Waals surface area contributed by atoms with Gasteiger partial charge in [-0.05, 0) is 44.1 Å². The van der Waals surface area contributed by atoms with Crippen LogP contribution in [-0.2, 0) is 10.5 Å². The zero-order valence-electron chi connectivity index (χ0n) is 15.8. The first kappa shape index (κ1) is 27.0. The Balaban J connectivity index is -0.000000312. The maximum absolute atomic E-state index is 10.3. The summed E-state index contributed by atoms with van der Waals surface area (Å²) in [5.41, 5.74) is 2.24. The van der Waals surface area contributed by atoms with E-state index in [1.165, 1.54) is 11.3 Å². The van der Waals surface area contributed by atoms with Gasteiger partial charge in [-0.25, -0.2) is 0 Å². The summed E-state index contributed by atoms with van der Waals surface area (Å²) in [6, 6.07) is 10.6. The van der Waals surface area contributed by atoms with E-state index in [9.17, 15) is 4.79 Å². The van der Waals surface area contributed by atoms with E-state index in [0.717, 1.165) is 17.7 Å². The molecule has 132 valence electrons. The van der Waals surface area contributed by atoms with Gasteiger partial charge in [0.1, 0.15) is 0 Å². The van der Waals surface area contributed by atoms with E-state index in [4.69, 9.17) is 0 Å². The maximum atomic E-state index is 10.3. The number of hydrogen-bond acceptors (Lipinski definition) is 2. The fourth-order valence-electron chi connectivity index (χ4n) is 1.13. The van der Waals surface area contributed by atoms with Crippen LogP contribution >= 0.6 is 21.0 Å². The van der Waals surface area contributed by atoms with Crippen molar-refractivity contribution in [3.8, 4) is 0 Å². The van der Waals surface area contributed by atoms with E-state index in [-0.39, 0.29) is 5.78 Å². The molecular weight excluding hydrogens is 319 g/mol. The molecule has 0 amide bonds. The molecule has 1 aromatic carbocycles. The van der Waals surface area contributed by atoms with Crippen LogP contribution in [0.3, 0.4) is 0 Å². The highest BCUT2D eigenvalue weighted by molar-refractivity contribution is 7.98. The Morgan fingerprint density at radius 1 is 1.17 bits per heavy atom. The first-order valence-electron chi connectivity index (χ1n) is 8.06. The summed E-state index contributed by atoms with van der Waals surface area (Å²) >= 11 is 1.96. The first-order chi connectivity index (χ1) is 11.1. The standard InChI is InChI=1S/C11H14S.C6H10O.C2H6.CH5P/c1-2-3-9-12-10-11-7-5-4-6-8-11;1-4-5(2)6(3)7;2*1-2/h2,4-8H,1,3,9-10H2;4H,1-3H3;1-2H3;2H2,1H3/b;5-4-;;. The van der Waals surface area contributed by atoms with Gasteiger partial charge in [0.25, 0.3) is 0 Å². The average Bonchev–Trinajstić information content (AvgIpc) is 2.63. The van der Waals surface area contributed by atoms with Crippen LogP contribution < -0.4 is 0 Å². The van der Waals surface area contributed by atoms with Crippen molar-refractivity contribution >= 4 is 26.8 Å². The first-order valence-corrected chi connectivity index (χ1v) is 10.4. The zero-order chi connectivity index (χ0) is 18.5. The van der Waals surface area contributed by atoms with Gasteiger partial charge in [-0.3, -0.25) is 4.79 Å². The lowest BCUT2D eigenvalue weighted by atomic mass is 10.2. The molecule has 0 heterocycles. The fraction of sp³-hybridized carbons (Fsp3) is 0.450. The highest BCUT2D eigenvalue weighted by Crippen LogP contribution is 2.12. The van der Waals surface area contributed by atoms with Crippen molar-refractivity contribution in [2.24, 2.45) is 0 Å². The van der Waals surface area contributed by atoms with E-state index in [1.807, 2.05) is 58.3 Å².